The molecule has 7 heteroatoms. The molecule has 1 fully saturated rings. The van der Waals surface area contributed by atoms with E-state index in [1.54, 1.807) is 0 Å². The van der Waals surface area contributed by atoms with Crippen LogP contribution in [0.25, 0.3) is 0 Å². The van der Waals surface area contributed by atoms with Crippen LogP contribution in [0.4, 0.5) is 17.1 Å². The molecule has 0 spiro atoms. The number of amides is 1. The normalized spacial score (nSPS) is 14.5. The van der Waals surface area contributed by atoms with Crippen molar-refractivity contribution in [1.29, 1.82) is 0 Å². The van der Waals surface area contributed by atoms with Crippen LogP contribution in [0.2, 0.25) is 0 Å². The summed E-state index contributed by atoms with van der Waals surface area (Å²) in [4.78, 5) is 14.9. The first-order chi connectivity index (χ1) is 15.6. The minimum Gasteiger partial charge on any atom is -0.416 e. The number of carbonyl (C=O) groups excluding carboxylic acids is 1. The minimum atomic E-state index is 0.0196. The number of carbonyl (C=O) groups is 1. The molecule has 0 radical (unpaired) electrons. The molecule has 6 nitrogen and oxygen atoms in total. The maximum Gasteiger partial charge on any atom is 0.277 e. The molecule has 1 aromatic heterocycles. The molecule has 1 aliphatic carbocycles. The van der Waals surface area contributed by atoms with Gasteiger partial charge in [0.2, 0.25) is 11.8 Å². The Labute approximate surface area is 193 Å². The van der Waals surface area contributed by atoms with E-state index in [1.165, 1.54) is 31.0 Å². The van der Waals surface area contributed by atoms with Crippen molar-refractivity contribution in [3.63, 3.8) is 0 Å². The lowest BCUT2D eigenvalue weighted by molar-refractivity contribution is -0.116. The van der Waals surface area contributed by atoms with E-state index in [4.69, 9.17) is 4.42 Å². The molecule has 0 aliphatic heterocycles. The number of thioether (sulfide) groups is 1. The Kier molecular flexibility index (Phi) is 7.47. The van der Waals surface area contributed by atoms with Gasteiger partial charge in [-0.25, -0.2) is 0 Å². The van der Waals surface area contributed by atoms with Crippen molar-refractivity contribution < 1.29 is 9.21 Å². The van der Waals surface area contributed by atoms with Crippen LogP contribution in [0, 0.1) is 0 Å². The molecular weight excluding hydrogens is 420 g/mol. The van der Waals surface area contributed by atoms with Gasteiger partial charge in [-0.2, -0.15) is 0 Å². The molecule has 3 aromatic rings. The van der Waals surface area contributed by atoms with Crippen LogP contribution in [0.1, 0.15) is 57.8 Å². The SMILES string of the molecule is CC(C)N(C(=O)CSc1nnc(C2CCCCC2)o1)c1ccc(Nc2ccccc2)cc1. The van der Waals surface area contributed by atoms with Gasteiger partial charge < -0.3 is 14.6 Å². The summed E-state index contributed by atoms with van der Waals surface area (Å²) >= 11 is 1.31. The van der Waals surface area contributed by atoms with Gasteiger partial charge >= 0.3 is 0 Å². The Morgan fingerprint density at radius 3 is 2.41 bits per heavy atom. The molecule has 0 atom stereocenters. The largest absolute Gasteiger partial charge is 0.416 e. The fraction of sp³-hybridized carbons (Fsp3) is 0.400. The summed E-state index contributed by atoms with van der Waals surface area (Å²) in [6.07, 6.45) is 5.95. The van der Waals surface area contributed by atoms with Gasteiger partial charge in [-0.15, -0.1) is 10.2 Å². The van der Waals surface area contributed by atoms with Gasteiger partial charge in [0.05, 0.1) is 5.75 Å². The molecule has 32 heavy (non-hydrogen) atoms. The zero-order chi connectivity index (χ0) is 22.3. The zero-order valence-electron chi connectivity index (χ0n) is 18.7. The summed E-state index contributed by atoms with van der Waals surface area (Å²) in [5.41, 5.74) is 2.88. The maximum atomic E-state index is 13.0. The molecule has 1 heterocycles. The smallest absolute Gasteiger partial charge is 0.277 e. The van der Waals surface area contributed by atoms with E-state index in [0.717, 1.165) is 35.8 Å². The molecule has 0 bridgehead atoms. The highest BCUT2D eigenvalue weighted by Crippen LogP contribution is 2.33. The van der Waals surface area contributed by atoms with Gasteiger partial charge in [-0.1, -0.05) is 49.2 Å². The first-order valence-electron chi connectivity index (χ1n) is 11.3. The Balaban J connectivity index is 1.37. The monoisotopic (exact) mass is 450 g/mol. The predicted octanol–water partition coefficient (Wildman–Crippen LogP) is 6.39. The summed E-state index contributed by atoms with van der Waals surface area (Å²) in [5.74, 6) is 1.37. The number of para-hydroxylation sites is 1. The Morgan fingerprint density at radius 1 is 1.03 bits per heavy atom. The highest BCUT2D eigenvalue weighted by Gasteiger charge is 2.23. The number of hydrogen-bond donors (Lipinski definition) is 1. The zero-order valence-corrected chi connectivity index (χ0v) is 19.5. The van der Waals surface area contributed by atoms with Crippen LogP contribution in [0.3, 0.4) is 0 Å². The van der Waals surface area contributed by atoms with Crippen LogP contribution in [-0.4, -0.2) is 27.9 Å². The van der Waals surface area contributed by atoms with E-state index in [-0.39, 0.29) is 17.7 Å². The van der Waals surface area contributed by atoms with E-state index < -0.39 is 0 Å². The highest BCUT2D eigenvalue weighted by molar-refractivity contribution is 7.99. The summed E-state index contributed by atoms with van der Waals surface area (Å²) in [7, 11) is 0. The second kappa shape index (κ2) is 10.7. The number of benzene rings is 2. The third kappa shape index (κ3) is 5.71. The van der Waals surface area contributed by atoms with E-state index in [0.29, 0.717) is 11.1 Å². The molecular formula is C25H30N4O2S. The lowest BCUT2D eigenvalue weighted by Gasteiger charge is -2.27. The van der Waals surface area contributed by atoms with E-state index in [9.17, 15) is 4.79 Å². The minimum absolute atomic E-state index is 0.0196. The first-order valence-corrected chi connectivity index (χ1v) is 12.3. The van der Waals surface area contributed by atoms with Crippen molar-refractivity contribution in [1.82, 2.24) is 10.2 Å². The number of aromatic nitrogens is 2. The average molecular weight is 451 g/mol. The van der Waals surface area contributed by atoms with Crippen LogP contribution in [0.15, 0.2) is 64.2 Å². The van der Waals surface area contributed by atoms with Crippen molar-refractivity contribution in [2.24, 2.45) is 0 Å². The number of anilines is 3. The van der Waals surface area contributed by atoms with Gasteiger partial charge in [0.15, 0.2) is 0 Å². The lowest BCUT2D eigenvalue weighted by Crippen LogP contribution is -2.38. The molecule has 1 N–H and O–H groups in total. The van der Waals surface area contributed by atoms with Gasteiger partial charge in [0, 0.05) is 29.0 Å². The van der Waals surface area contributed by atoms with Crippen molar-refractivity contribution >= 4 is 34.7 Å². The Morgan fingerprint density at radius 2 is 1.72 bits per heavy atom. The Bertz CT molecular complexity index is 998. The number of nitrogens with zero attached hydrogens (tertiary/aromatic N) is 3. The first kappa shape index (κ1) is 22.4. The predicted molar refractivity (Wildman–Crippen MR) is 130 cm³/mol. The van der Waals surface area contributed by atoms with Crippen molar-refractivity contribution in [3.8, 4) is 0 Å². The summed E-state index contributed by atoms with van der Waals surface area (Å²) in [6.45, 7) is 4.04. The second-order valence-electron chi connectivity index (χ2n) is 8.43. The lowest BCUT2D eigenvalue weighted by atomic mass is 9.89. The number of rotatable bonds is 8. The quantitative estimate of drug-likeness (QED) is 0.401. The van der Waals surface area contributed by atoms with Crippen LogP contribution in [-0.2, 0) is 4.79 Å². The van der Waals surface area contributed by atoms with E-state index in [2.05, 4.69) is 15.5 Å². The van der Waals surface area contributed by atoms with Gasteiger partial charge in [-0.3, -0.25) is 4.79 Å². The second-order valence-corrected chi connectivity index (χ2v) is 9.35. The number of hydrogen-bond acceptors (Lipinski definition) is 6. The van der Waals surface area contributed by atoms with E-state index in [1.807, 2.05) is 73.3 Å². The van der Waals surface area contributed by atoms with E-state index >= 15 is 0 Å². The molecule has 1 amide bonds. The van der Waals surface area contributed by atoms with Crippen molar-refractivity contribution in [2.45, 2.75) is 63.1 Å². The summed E-state index contributed by atoms with van der Waals surface area (Å²) in [6, 6.07) is 18.0. The maximum absolute atomic E-state index is 13.0. The third-order valence-electron chi connectivity index (χ3n) is 5.69. The van der Waals surface area contributed by atoms with Gasteiger partial charge in [0.25, 0.3) is 5.22 Å². The fourth-order valence-corrected chi connectivity index (χ4v) is 4.74. The Hall–Kier alpha value is -2.80. The van der Waals surface area contributed by atoms with Crippen LogP contribution in [0.5, 0.6) is 0 Å². The highest BCUT2D eigenvalue weighted by atomic mass is 32.2. The summed E-state index contributed by atoms with van der Waals surface area (Å²) in [5, 5.41) is 12.2. The molecule has 1 saturated carbocycles. The fourth-order valence-electron chi connectivity index (χ4n) is 4.11. The van der Waals surface area contributed by atoms with Crippen LogP contribution < -0.4 is 10.2 Å². The van der Waals surface area contributed by atoms with Gasteiger partial charge in [0.1, 0.15) is 0 Å². The molecule has 168 valence electrons. The van der Waals surface area contributed by atoms with Crippen LogP contribution >= 0.6 is 11.8 Å². The molecule has 0 unspecified atom stereocenters. The number of nitrogens with one attached hydrogen (secondary N) is 1. The molecule has 4 rings (SSSR count). The summed E-state index contributed by atoms with van der Waals surface area (Å²) < 4.78 is 5.85. The third-order valence-corrected chi connectivity index (χ3v) is 6.49. The topological polar surface area (TPSA) is 71.3 Å². The van der Waals surface area contributed by atoms with Crippen molar-refractivity contribution in [2.75, 3.05) is 16.0 Å². The molecule has 0 saturated heterocycles. The molecule has 2 aromatic carbocycles. The standard InChI is InChI=1S/C25H30N4O2S/c1-18(2)29(22-15-13-21(14-16-22)26-20-11-7-4-8-12-20)23(30)17-32-25-28-27-24(31-25)19-9-5-3-6-10-19/h4,7-8,11-16,18-19,26H,3,5-6,9-10,17H2,1-2H3. The average Bonchev–Trinajstić information content (AvgIpc) is 3.29. The van der Waals surface area contributed by atoms with Gasteiger partial charge in [-0.05, 0) is 63.1 Å². The molecule has 1 aliphatic rings. The van der Waals surface area contributed by atoms with Crippen molar-refractivity contribution in [3.05, 3.63) is 60.5 Å².